The molecule has 26 heavy (non-hydrogen) atoms. The topological polar surface area (TPSA) is 4.93 Å². The minimum Gasteiger partial charge on any atom is -0.309 e. The predicted molar refractivity (Wildman–Crippen MR) is 112 cm³/mol. The third-order valence-electron chi connectivity index (χ3n) is 5.19. The quantitative estimate of drug-likeness (QED) is 0.396. The van der Waals surface area contributed by atoms with Gasteiger partial charge in [-0.2, -0.15) is 0 Å². The Morgan fingerprint density at radius 1 is 0.769 bits per heavy atom. The lowest BCUT2D eigenvalue weighted by Gasteiger charge is -2.13. The Bertz CT molecular complexity index is 1180. The minimum absolute atomic E-state index is 0.873. The summed E-state index contributed by atoms with van der Waals surface area (Å²) < 4.78 is 2.35. The highest BCUT2D eigenvalue weighted by atomic mass is 15.0. The van der Waals surface area contributed by atoms with Crippen molar-refractivity contribution in [1.29, 1.82) is 0 Å². The van der Waals surface area contributed by atoms with E-state index in [1.807, 2.05) is 0 Å². The van der Waals surface area contributed by atoms with Crippen molar-refractivity contribution in [2.75, 3.05) is 0 Å². The highest BCUT2D eigenvalue weighted by Gasteiger charge is 2.13. The number of fused-ring (bicyclic) bond motifs is 3. The van der Waals surface area contributed by atoms with Crippen LogP contribution in [0.4, 0.5) is 0 Å². The van der Waals surface area contributed by atoms with Gasteiger partial charge in [0, 0.05) is 16.5 Å². The van der Waals surface area contributed by atoms with Gasteiger partial charge in [-0.15, -0.1) is 5.47 Å². The third kappa shape index (κ3) is 2.41. The second kappa shape index (κ2) is 6.07. The van der Waals surface area contributed by atoms with E-state index >= 15 is 0 Å². The third-order valence-corrected chi connectivity index (χ3v) is 5.19. The molecule has 0 atom stereocenters. The van der Waals surface area contributed by atoms with Crippen molar-refractivity contribution in [3.63, 3.8) is 0 Å². The van der Waals surface area contributed by atoms with Gasteiger partial charge < -0.3 is 4.57 Å². The number of aromatic nitrogens is 1. The Balaban J connectivity index is 1.80. The molecule has 5 rings (SSSR count). The number of benzene rings is 3. The largest absolute Gasteiger partial charge is 0.309 e. The van der Waals surface area contributed by atoms with Gasteiger partial charge in [0.25, 0.3) is 0 Å². The molecule has 1 aliphatic rings. The maximum atomic E-state index is 6.03. The zero-order valence-electron chi connectivity index (χ0n) is 14.5. The Kier molecular flexibility index (Phi) is 3.56. The highest BCUT2D eigenvalue weighted by Crippen LogP contribution is 2.35. The summed E-state index contributed by atoms with van der Waals surface area (Å²) in [6.45, 7) is 0. The molecule has 0 unspecified atom stereocenters. The van der Waals surface area contributed by atoms with Gasteiger partial charge in [-0.3, -0.25) is 0 Å². The molecule has 1 heterocycles. The predicted octanol–water partition coefficient (Wildman–Crippen LogP) is 6.01. The molecule has 2 heteroatoms. The van der Waals surface area contributed by atoms with Crippen LogP contribution in [0, 0.1) is 0 Å². The van der Waals surface area contributed by atoms with Crippen molar-refractivity contribution in [3.05, 3.63) is 96.0 Å². The number of para-hydroxylation sites is 2. The SMILES string of the molecule is [B]C1=CCCC(c2ccc3c(c2)c2ccccc2n3-c2ccccc2)=C1. The van der Waals surface area contributed by atoms with E-state index in [-0.39, 0.29) is 0 Å². The highest BCUT2D eigenvalue weighted by molar-refractivity contribution is 6.24. The van der Waals surface area contributed by atoms with Crippen LogP contribution in [0.2, 0.25) is 0 Å². The lowest BCUT2D eigenvalue weighted by Crippen LogP contribution is -1.94. The maximum absolute atomic E-state index is 6.03. The van der Waals surface area contributed by atoms with Crippen LogP contribution in [0.3, 0.4) is 0 Å². The van der Waals surface area contributed by atoms with E-state index in [1.54, 1.807) is 0 Å². The second-order valence-electron chi connectivity index (χ2n) is 6.83. The van der Waals surface area contributed by atoms with Crippen molar-refractivity contribution in [2.24, 2.45) is 0 Å². The molecule has 1 aromatic heterocycles. The zero-order valence-corrected chi connectivity index (χ0v) is 14.5. The first-order valence-corrected chi connectivity index (χ1v) is 9.06. The summed E-state index contributed by atoms with van der Waals surface area (Å²) in [5, 5.41) is 2.57. The van der Waals surface area contributed by atoms with Gasteiger partial charge in [0.05, 0.1) is 11.0 Å². The van der Waals surface area contributed by atoms with Crippen LogP contribution in [0.1, 0.15) is 18.4 Å². The molecule has 2 radical (unpaired) electrons. The van der Waals surface area contributed by atoms with E-state index in [1.165, 1.54) is 38.6 Å². The van der Waals surface area contributed by atoms with E-state index in [4.69, 9.17) is 7.85 Å². The Hall–Kier alpha value is -3.00. The Labute approximate surface area is 154 Å². The van der Waals surface area contributed by atoms with E-state index in [0.29, 0.717) is 0 Å². The molecule has 0 fully saturated rings. The molecule has 0 saturated heterocycles. The van der Waals surface area contributed by atoms with Crippen molar-refractivity contribution in [2.45, 2.75) is 12.8 Å². The number of allylic oxidation sites excluding steroid dienone is 4. The fourth-order valence-corrected chi connectivity index (χ4v) is 3.98. The van der Waals surface area contributed by atoms with Crippen molar-refractivity contribution >= 4 is 35.2 Å². The van der Waals surface area contributed by atoms with E-state index in [2.05, 4.69) is 89.5 Å². The number of nitrogens with zero attached hydrogens (tertiary/aromatic N) is 1. The number of hydrogen-bond donors (Lipinski definition) is 0. The molecule has 1 aliphatic carbocycles. The van der Waals surface area contributed by atoms with Gasteiger partial charge in [-0.25, -0.2) is 0 Å². The van der Waals surface area contributed by atoms with Gasteiger partial charge in [-0.1, -0.05) is 54.6 Å². The van der Waals surface area contributed by atoms with Gasteiger partial charge >= 0.3 is 0 Å². The van der Waals surface area contributed by atoms with Crippen LogP contribution in [0.5, 0.6) is 0 Å². The Morgan fingerprint density at radius 3 is 2.38 bits per heavy atom. The molecular formula is C24H18BN. The van der Waals surface area contributed by atoms with Crippen LogP contribution in [0.15, 0.2) is 90.4 Å². The summed E-state index contributed by atoms with van der Waals surface area (Å²) in [7, 11) is 6.03. The first-order chi connectivity index (χ1) is 12.8. The van der Waals surface area contributed by atoms with Crippen molar-refractivity contribution in [3.8, 4) is 5.69 Å². The summed E-state index contributed by atoms with van der Waals surface area (Å²) in [6, 6.07) is 26.0. The van der Waals surface area contributed by atoms with Crippen LogP contribution in [0.25, 0.3) is 33.1 Å². The lowest BCUT2D eigenvalue weighted by molar-refractivity contribution is 1.05. The van der Waals surface area contributed by atoms with Crippen LogP contribution in [-0.4, -0.2) is 12.4 Å². The summed E-state index contributed by atoms with van der Waals surface area (Å²) in [5.74, 6) is 0. The molecule has 4 aromatic rings. The normalized spacial score (nSPS) is 14.5. The molecule has 0 spiro atoms. The summed E-state index contributed by atoms with van der Waals surface area (Å²) in [5.41, 5.74) is 7.13. The van der Waals surface area contributed by atoms with E-state index in [0.717, 1.165) is 18.3 Å². The molecule has 0 N–H and O–H groups in total. The monoisotopic (exact) mass is 331 g/mol. The van der Waals surface area contributed by atoms with E-state index < -0.39 is 0 Å². The van der Waals surface area contributed by atoms with Crippen molar-refractivity contribution < 1.29 is 0 Å². The van der Waals surface area contributed by atoms with Gasteiger partial charge in [0.15, 0.2) is 0 Å². The second-order valence-corrected chi connectivity index (χ2v) is 6.83. The smallest absolute Gasteiger partial charge is 0.113 e. The first kappa shape index (κ1) is 15.3. The molecule has 122 valence electrons. The molecule has 0 amide bonds. The van der Waals surface area contributed by atoms with Gasteiger partial charge in [0.1, 0.15) is 7.85 Å². The van der Waals surface area contributed by atoms with E-state index in [9.17, 15) is 0 Å². The molecule has 0 saturated carbocycles. The summed E-state index contributed by atoms with van der Waals surface area (Å²) in [6.07, 6.45) is 6.27. The van der Waals surface area contributed by atoms with Gasteiger partial charge in [0.2, 0.25) is 0 Å². The van der Waals surface area contributed by atoms with Crippen LogP contribution >= 0.6 is 0 Å². The lowest BCUT2D eigenvalue weighted by atomic mass is 9.85. The fourth-order valence-electron chi connectivity index (χ4n) is 3.98. The van der Waals surface area contributed by atoms with Crippen molar-refractivity contribution in [1.82, 2.24) is 4.57 Å². The zero-order chi connectivity index (χ0) is 17.5. The Morgan fingerprint density at radius 2 is 1.54 bits per heavy atom. The number of rotatable bonds is 2. The molecule has 3 aromatic carbocycles. The summed E-state index contributed by atoms with van der Waals surface area (Å²) >= 11 is 0. The maximum Gasteiger partial charge on any atom is 0.113 e. The average molecular weight is 331 g/mol. The first-order valence-electron chi connectivity index (χ1n) is 9.06. The molecular weight excluding hydrogens is 313 g/mol. The van der Waals surface area contributed by atoms with Gasteiger partial charge in [-0.05, 0) is 54.3 Å². The average Bonchev–Trinajstić information content (AvgIpc) is 3.02. The number of hydrogen-bond acceptors (Lipinski definition) is 0. The standard InChI is InChI=1S/C24H18BN/c25-19-8-6-7-17(15-19)18-13-14-24-22(16-18)21-11-4-5-12-23(21)26(24)20-9-2-1-3-10-20/h1-5,8-16H,6-7H2. The molecule has 1 nitrogen and oxygen atoms in total. The van der Waals surface area contributed by atoms with Crippen LogP contribution < -0.4 is 0 Å². The molecule has 0 bridgehead atoms. The minimum atomic E-state index is 0.873. The van der Waals surface area contributed by atoms with Crippen LogP contribution in [-0.2, 0) is 0 Å². The fraction of sp³-hybridized carbons (Fsp3) is 0.0833. The summed E-state index contributed by atoms with van der Waals surface area (Å²) in [4.78, 5) is 0. The molecule has 0 aliphatic heterocycles.